The molecular formula is C18H22F5N5O3S. The molecule has 3 heterocycles. The van der Waals surface area contributed by atoms with Crippen LogP contribution >= 0.6 is 11.3 Å². The molecule has 0 saturated carbocycles. The molecule has 1 saturated heterocycles. The van der Waals surface area contributed by atoms with Gasteiger partial charge in [-0.15, -0.1) is 11.3 Å². The van der Waals surface area contributed by atoms with Crippen LogP contribution in [0.25, 0.3) is 10.2 Å². The molecule has 0 aliphatic carbocycles. The third kappa shape index (κ3) is 5.92. The van der Waals surface area contributed by atoms with Gasteiger partial charge in [0.05, 0.1) is 23.0 Å². The second-order valence-electron chi connectivity index (χ2n) is 7.47. The number of nitrogens with one attached hydrogen (secondary N) is 1. The minimum Gasteiger partial charge on any atom is -0.394 e. The van der Waals surface area contributed by atoms with Crippen LogP contribution in [-0.2, 0) is 10.7 Å². The number of aliphatic hydroxyl groups is 2. The first-order valence-corrected chi connectivity index (χ1v) is 10.5. The lowest BCUT2D eigenvalue weighted by Crippen LogP contribution is -2.49. The standard InChI is InChI=1S/C18H22F5N5O3S/c1-17(19,20)12-6-11-14(25-16(26-15(11)32-12)24-8-10(30)9-29)28-4-2-27(3-5-28)13(31)7-18(21,22)23/h6,10,29-30H,2-5,7-9H2,1H3,(H,24,25,26)/t10-/m0/s1. The molecule has 1 amide bonds. The summed E-state index contributed by atoms with van der Waals surface area (Å²) < 4.78 is 65.3. The number of carbonyl (C=O) groups is 1. The van der Waals surface area contributed by atoms with Crippen LogP contribution in [0.4, 0.5) is 33.7 Å². The second kappa shape index (κ2) is 9.27. The third-order valence-corrected chi connectivity index (χ3v) is 6.00. The summed E-state index contributed by atoms with van der Waals surface area (Å²) in [7, 11) is 0. The van der Waals surface area contributed by atoms with Crippen molar-refractivity contribution >= 4 is 39.2 Å². The van der Waals surface area contributed by atoms with Crippen molar-refractivity contribution in [2.75, 3.05) is 49.5 Å². The number of carbonyl (C=O) groups excluding carboxylic acids is 1. The number of aromatic nitrogens is 2. The van der Waals surface area contributed by atoms with Crippen molar-refractivity contribution in [2.24, 2.45) is 0 Å². The molecule has 1 fully saturated rings. The minimum atomic E-state index is -4.59. The zero-order chi connectivity index (χ0) is 23.7. The highest BCUT2D eigenvalue weighted by Crippen LogP contribution is 2.39. The summed E-state index contributed by atoms with van der Waals surface area (Å²) >= 11 is 0.779. The average molecular weight is 483 g/mol. The molecule has 3 rings (SSSR count). The zero-order valence-electron chi connectivity index (χ0n) is 17.0. The fourth-order valence-corrected chi connectivity index (χ4v) is 4.12. The Morgan fingerprint density at radius 1 is 1.22 bits per heavy atom. The molecule has 0 radical (unpaired) electrons. The van der Waals surface area contributed by atoms with Crippen molar-refractivity contribution in [3.63, 3.8) is 0 Å². The SMILES string of the molecule is CC(F)(F)c1cc2c(N3CCN(C(=O)CC(F)(F)F)CC3)nc(NC[C@H](O)CO)nc2s1. The van der Waals surface area contributed by atoms with E-state index in [-0.39, 0.29) is 48.4 Å². The highest BCUT2D eigenvalue weighted by molar-refractivity contribution is 7.18. The maximum Gasteiger partial charge on any atom is 0.397 e. The number of halogens is 5. The Labute approximate surface area is 183 Å². The molecule has 0 bridgehead atoms. The average Bonchev–Trinajstić information content (AvgIpc) is 3.15. The van der Waals surface area contributed by atoms with Crippen molar-refractivity contribution in [1.29, 1.82) is 0 Å². The van der Waals surface area contributed by atoms with Crippen LogP contribution in [-0.4, -0.2) is 82.6 Å². The van der Waals surface area contributed by atoms with Crippen molar-refractivity contribution in [3.8, 4) is 0 Å². The van der Waals surface area contributed by atoms with E-state index < -0.39 is 37.1 Å². The normalized spacial score (nSPS) is 16.5. The number of alkyl halides is 5. The molecule has 8 nitrogen and oxygen atoms in total. The Bertz CT molecular complexity index is 957. The molecule has 3 N–H and O–H groups in total. The molecule has 178 valence electrons. The molecule has 1 aliphatic rings. The maximum atomic E-state index is 13.9. The topological polar surface area (TPSA) is 102 Å². The van der Waals surface area contributed by atoms with Crippen molar-refractivity contribution in [2.45, 2.75) is 31.5 Å². The monoisotopic (exact) mass is 483 g/mol. The van der Waals surface area contributed by atoms with Gasteiger partial charge in [-0.2, -0.15) is 18.2 Å². The molecular weight excluding hydrogens is 461 g/mol. The molecule has 32 heavy (non-hydrogen) atoms. The van der Waals surface area contributed by atoms with Gasteiger partial charge in [0.25, 0.3) is 5.92 Å². The number of rotatable bonds is 7. The van der Waals surface area contributed by atoms with Gasteiger partial charge in [0.1, 0.15) is 17.1 Å². The molecule has 14 heteroatoms. The number of aliphatic hydroxyl groups excluding tert-OH is 2. The van der Waals surface area contributed by atoms with E-state index in [0.29, 0.717) is 11.2 Å². The summed E-state index contributed by atoms with van der Waals surface area (Å²) in [5, 5.41) is 21.6. The summed E-state index contributed by atoms with van der Waals surface area (Å²) in [6, 6.07) is 1.28. The number of nitrogens with zero attached hydrogens (tertiary/aromatic N) is 4. The number of hydrogen-bond acceptors (Lipinski definition) is 8. The Hall–Kier alpha value is -2.32. The van der Waals surface area contributed by atoms with E-state index in [9.17, 15) is 31.9 Å². The van der Waals surface area contributed by atoms with E-state index in [1.165, 1.54) is 6.07 Å². The van der Waals surface area contributed by atoms with Crippen LogP contribution in [0.5, 0.6) is 0 Å². The summed E-state index contributed by atoms with van der Waals surface area (Å²) in [5.41, 5.74) is 0. The summed E-state index contributed by atoms with van der Waals surface area (Å²) in [5.74, 6) is -3.78. The number of amides is 1. The molecule has 1 atom stereocenters. The quantitative estimate of drug-likeness (QED) is 0.519. The van der Waals surface area contributed by atoms with Crippen LogP contribution in [0.1, 0.15) is 18.2 Å². The van der Waals surface area contributed by atoms with Crippen LogP contribution in [0.15, 0.2) is 6.07 Å². The lowest BCUT2D eigenvalue weighted by Gasteiger charge is -2.36. The number of fused-ring (bicyclic) bond motifs is 1. The maximum absolute atomic E-state index is 13.9. The van der Waals surface area contributed by atoms with Crippen LogP contribution < -0.4 is 10.2 Å². The van der Waals surface area contributed by atoms with Crippen LogP contribution in [0.2, 0.25) is 0 Å². The summed E-state index contributed by atoms with van der Waals surface area (Å²) in [6.45, 7) is 0.530. The lowest BCUT2D eigenvalue weighted by molar-refractivity contribution is -0.161. The van der Waals surface area contributed by atoms with E-state index in [2.05, 4.69) is 15.3 Å². The summed E-state index contributed by atoms with van der Waals surface area (Å²) in [4.78, 5) is 23.2. The van der Waals surface area contributed by atoms with Gasteiger partial charge in [0, 0.05) is 39.6 Å². The predicted molar refractivity (Wildman–Crippen MR) is 108 cm³/mol. The molecule has 2 aromatic heterocycles. The lowest BCUT2D eigenvalue weighted by atomic mass is 10.2. The third-order valence-electron chi connectivity index (χ3n) is 4.80. The van der Waals surface area contributed by atoms with E-state index in [1.807, 2.05) is 0 Å². The van der Waals surface area contributed by atoms with Crippen LogP contribution in [0, 0.1) is 0 Å². The van der Waals surface area contributed by atoms with E-state index in [0.717, 1.165) is 23.2 Å². The number of anilines is 2. The first kappa shape index (κ1) is 24.3. The van der Waals surface area contributed by atoms with Crippen molar-refractivity contribution < 1.29 is 37.0 Å². The fraction of sp³-hybridized carbons (Fsp3) is 0.611. The predicted octanol–water partition coefficient (Wildman–Crippen LogP) is 2.17. The molecule has 0 unspecified atom stereocenters. The number of hydrogen-bond donors (Lipinski definition) is 3. The van der Waals surface area contributed by atoms with E-state index in [4.69, 9.17) is 5.11 Å². The second-order valence-corrected chi connectivity index (χ2v) is 8.50. The first-order valence-electron chi connectivity index (χ1n) is 9.69. The van der Waals surface area contributed by atoms with Crippen molar-refractivity contribution in [3.05, 3.63) is 10.9 Å². The Balaban J connectivity index is 1.85. The Kier molecular flexibility index (Phi) is 7.05. The van der Waals surface area contributed by atoms with E-state index >= 15 is 0 Å². The van der Waals surface area contributed by atoms with Gasteiger partial charge in [-0.3, -0.25) is 4.79 Å². The van der Waals surface area contributed by atoms with Crippen molar-refractivity contribution in [1.82, 2.24) is 14.9 Å². The molecule has 1 aliphatic heterocycles. The van der Waals surface area contributed by atoms with Gasteiger partial charge < -0.3 is 25.3 Å². The van der Waals surface area contributed by atoms with Gasteiger partial charge in [-0.05, 0) is 6.07 Å². The molecule has 2 aromatic rings. The molecule has 0 aromatic carbocycles. The number of thiophene rings is 1. The minimum absolute atomic E-state index is 0.0212. The molecule has 0 spiro atoms. The Morgan fingerprint density at radius 3 is 2.44 bits per heavy atom. The van der Waals surface area contributed by atoms with Gasteiger partial charge in [0.2, 0.25) is 11.9 Å². The smallest absolute Gasteiger partial charge is 0.394 e. The first-order chi connectivity index (χ1) is 14.9. The van der Waals surface area contributed by atoms with Gasteiger partial charge in [-0.1, -0.05) is 0 Å². The zero-order valence-corrected chi connectivity index (χ0v) is 17.8. The van der Waals surface area contributed by atoms with Gasteiger partial charge in [-0.25, -0.2) is 13.8 Å². The van der Waals surface area contributed by atoms with Gasteiger partial charge in [0.15, 0.2) is 0 Å². The number of piperazine rings is 1. The Morgan fingerprint density at radius 2 is 1.88 bits per heavy atom. The fourth-order valence-electron chi connectivity index (χ4n) is 3.17. The highest BCUT2D eigenvalue weighted by Gasteiger charge is 2.35. The highest BCUT2D eigenvalue weighted by atomic mass is 32.1. The van der Waals surface area contributed by atoms with E-state index in [1.54, 1.807) is 4.90 Å². The van der Waals surface area contributed by atoms with Gasteiger partial charge >= 0.3 is 6.18 Å². The summed E-state index contributed by atoms with van der Waals surface area (Å²) in [6.07, 6.45) is -7.21. The van der Waals surface area contributed by atoms with Crippen LogP contribution in [0.3, 0.4) is 0 Å². The largest absolute Gasteiger partial charge is 0.397 e.